The molecule has 0 bridgehead atoms. The van der Waals surface area contributed by atoms with E-state index in [0.717, 1.165) is 32.7 Å². The second kappa shape index (κ2) is 11.6. The van der Waals surface area contributed by atoms with Crippen molar-refractivity contribution in [3.05, 3.63) is 113 Å². The van der Waals surface area contributed by atoms with Crippen LogP contribution in [-0.2, 0) is 16.1 Å². The van der Waals surface area contributed by atoms with Gasteiger partial charge in [-0.25, -0.2) is 4.79 Å². The Morgan fingerprint density at radius 3 is 2.26 bits per heavy atom. The van der Waals surface area contributed by atoms with Crippen LogP contribution >= 0.6 is 11.8 Å². The van der Waals surface area contributed by atoms with Crippen LogP contribution in [0.15, 0.2) is 95.9 Å². The molecule has 1 aliphatic carbocycles. The lowest BCUT2D eigenvalue weighted by atomic mass is 9.98. The van der Waals surface area contributed by atoms with Gasteiger partial charge in [0.2, 0.25) is 5.91 Å². The fourth-order valence-corrected chi connectivity index (χ4v) is 6.57. The minimum atomic E-state index is -0.853. The number of rotatable bonds is 7. The maximum Gasteiger partial charge on any atom is 0.407 e. The first-order chi connectivity index (χ1) is 20.4. The maximum absolute atomic E-state index is 13.9. The van der Waals surface area contributed by atoms with E-state index < -0.39 is 18.0 Å². The van der Waals surface area contributed by atoms with Crippen LogP contribution in [0, 0.1) is 0 Å². The first-order valence-corrected chi connectivity index (χ1v) is 14.5. The number of hydrogen-bond donors (Lipinski definition) is 2. The molecule has 1 atom stereocenters. The van der Waals surface area contributed by atoms with Gasteiger partial charge in [0.15, 0.2) is 0 Å². The predicted molar refractivity (Wildman–Crippen MR) is 162 cm³/mol. The molecule has 3 amide bonds. The van der Waals surface area contributed by atoms with E-state index in [1.807, 2.05) is 48.5 Å². The van der Waals surface area contributed by atoms with Crippen LogP contribution in [-0.4, -0.2) is 43.4 Å². The average molecular weight is 580 g/mol. The van der Waals surface area contributed by atoms with Gasteiger partial charge < -0.3 is 25.4 Å². The number of thioether (sulfide) groups is 1. The highest BCUT2D eigenvalue weighted by Crippen LogP contribution is 2.44. The number of carbonyl (C=O) groups excluding carboxylic acids is 3. The molecule has 8 nitrogen and oxygen atoms in total. The van der Waals surface area contributed by atoms with Gasteiger partial charge in [-0.3, -0.25) is 9.59 Å². The number of benzene rings is 4. The van der Waals surface area contributed by atoms with Gasteiger partial charge in [0.25, 0.3) is 5.91 Å². The number of amides is 3. The van der Waals surface area contributed by atoms with Crippen LogP contribution in [0.5, 0.6) is 5.75 Å². The quantitative estimate of drug-likeness (QED) is 0.306. The molecule has 0 radical (unpaired) electrons. The maximum atomic E-state index is 13.9. The van der Waals surface area contributed by atoms with Gasteiger partial charge in [-0.15, -0.1) is 11.8 Å². The van der Waals surface area contributed by atoms with Gasteiger partial charge in [-0.05, 0) is 58.1 Å². The van der Waals surface area contributed by atoms with Gasteiger partial charge in [-0.1, -0.05) is 60.7 Å². The fraction of sp³-hybridized carbons (Fsp3) is 0.182. The summed E-state index contributed by atoms with van der Waals surface area (Å²) in [6.45, 7) is 0.368. The van der Waals surface area contributed by atoms with Crippen LogP contribution in [0.2, 0.25) is 0 Å². The SMILES string of the molecule is COc1ccc(CN2C(=O)[C@@H](NC(=O)OCC3c4ccccc4-c4ccccc43)CSc3ccc(C(N)=O)cc32)cc1. The minimum Gasteiger partial charge on any atom is -0.497 e. The molecule has 0 fully saturated rings. The lowest BCUT2D eigenvalue weighted by Gasteiger charge is -2.26. The Hall–Kier alpha value is -4.76. The third-order valence-corrected chi connectivity index (χ3v) is 8.80. The molecule has 2 aliphatic rings. The Balaban J connectivity index is 1.21. The Morgan fingerprint density at radius 2 is 1.62 bits per heavy atom. The largest absolute Gasteiger partial charge is 0.497 e. The van der Waals surface area contributed by atoms with Crippen LogP contribution in [0.1, 0.15) is 33.0 Å². The molecular formula is C33H29N3O5S. The Morgan fingerprint density at radius 1 is 0.952 bits per heavy atom. The molecule has 4 aromatic carbocycles. The van der Waals surface area contributed by atoms with Gasteiger partial charge in [0.05, 0.1) is 19.3 Å². The van der Waals surface area contributed by atoms with Crippen molar-refractivity contribution in [2.45, 2.75) is 23.4 Å². The standard InChI is InChI=1S/C33H29N3O5S/c1-40-22-13-10-20(11-14-22)17-36-29-16-21(31(34)37)12-15-30(29)42-19-28(32(36)38)35-33(39)41-18-27-25-8-4-2-6-23(25)24-7-3-5-9-26(24)27/h2-16,27-28H,17-19H2,1H3,(H2,34,37)(H,35,39)/t28-/m0/s1. The highest BCUT2D eigenvalue weighted by molar-refractivity contribution is 7.99. The monoisotopic (exact) mass is 579 g/mol. The van der Waals surface area contributed by atoms with E-state index in [-0.39, 0.29) is 25.0 Å². The van der Waals surface area contributed by atoms with Crippen LogP contribution in [0.4, 0.5) is 10.5 Å². The Bertz CT molecular complexity index is 1630. The molecule has 212 valence electrons. The second-order valence-electron chi connectivity index (χ2n) is 10.2. The normalized spacial score (nSPS) is 15.7. The second-order valence-corrected chi connectivity index (χ2v) is 11.2. The number of fused-ring (bicyclic) bond motifs is 4. The molecular weight excluding hydrogens is 550 g/mol. The van der Waals surface area contributed by atoms with Gasteiger partial charge in [-0.2, -0.15) is 0 Å². The molecule has 42 heavy (non-hydrogen) atoms. The lowest BCUT2D eigenvalue weighted by Crippen LogP contribution is -2.49. The molecule has 0 saturated heterocycles. The molecule has 0 saturated carbocycles. The molecule has 6 rings (SSSR count). The average Bonchev–Trinajstić information content (AvgIpc) is 3.27. The Kier molecular flexibility index (Phi) is 7.58. The van der Waals surface area contributed by atoms with E-state index in [2.05, 4.69) is 29.6 Å². The van der Waals surface area contributed by atoms with Crippen molar-refractivity contribution in [1.29, 1.82) is 0 Å². The van der Waals surface area contributed by atoms with E-state index in [0.29, 0.717) is 22.8 Å². The number of nitrogens with zero attached hydrogens (tertiary/aromatic N) is 1. The molecule has 4 aromatic rings. The zero-order chi connectivity index (χ0) is 29.2. The number of anilines is 1. The smallest absolute Gasteiger partial charge is 0.407 e. The van der Waals surface area contributed by atoms with E-state index in [9.17, 15) is 14.4 Å². The number of nitrogens with two attached hydrogens (primary N) is 1. The zero-order valence-electron chi connectivity index (χ0n) is 22.9. The third kappa shape index (κ3) is 5.31. The van der Waals surface area contributed by atoms with Crippen molar-refractivity contribution in [3.8, 4) is 16.9 Å². The van der Waals surface area contributed by atoms with Crippen LogP contribution in [0.25, 0.3) is 11.1 Å². The van der Waals surface area contributed by atoms with E-state index in [1.165, 1.54) is 11.8 Å². The topological polar surface area (TPSA) is 111 Å². The summed E-state index contributed by atoms with van der Waals surface area (Å²) in [5, 5.41) is 2.80. The molecule has 1 heterocycles. The lowest BCUT2D eigenvalue weighted by molar-refractivity contribution is -0.120. The van der Waals surface area contributed by atoms with Crippen molar-refractivity contribution in [2.75, 3.05) is 24.4 Å². The molecule has 0 spiro atoms. The summed E-state index contributed by atoms with van der Waals surface area (Å²) in [4.78, 5) is 41.4. The van der Waals surface area contributed by atoms with Crippen molar-refractivity contribution in [3.63, 3.8) is 0 Å². The fourth-order valence-electron chi connectivity index (χ4n) is 5.52. The van der Waals surface area contributed by atoms with E-state index >= 15 is 0 Å². The number of alkyl carbamates (subject to hydrolysis) is 1. The number of carbonyl (C=O) groups is 3. The molecule has 9 heteroatoms. The summed E-state index contributed by atoms with van der Waals surface area (Å²) in [5.74, 6) is 0.00272. The highest BCUT2D eigenvalue weighted by atomic mass is 32.2. The number of hydrogen-bond acceptors (Lipinski definition) is 6. The van der Waals surface area contributed by atoms with E-state index in [1.54, 1.807) is 30.2 Å². The number of ether oxygens (including phenoxy) is 2. The van der Waals surface area contributed by atoms with Crippen LogP contribution < -0.4 is 20.7 Å². The summed E-state index contributed by atoms with van der Waals surface area (Å²) in [6, 6.07) is 27.8. The van der Waals surface area contributed by atoms with Crippen molar-refractivity contribution in [2.24, 2.45) is 5.73 Å². The Labute approximate surface area is 247 Å². The van der Waals surface area contributed by atoms with Crippen molar-refractivity contribution >= 4 is 35.4 Å². The molecule has 3 N–H and O–H groups in total. The van der Waals surface area contributed by atoms with Crippen molar-refractivity contribution < 1.29 is 23.9 Å². The summed E-state index contributed by atoms with van der Waals surface area (Å²) >= 11 is 1.42. The summed E-state index contributed by atoms with van der Waals surface area (Å²) in [5.41, 5.74) is 11.8. The highest BCUT2D eigenvalue weighted by Gasteiger charge is 2.34. The number of methoxy groups -OCH3 is 1. The minimum absolute atomic E-state index is 0.0922. The summed E-state index contributed by atoms with van der Waals surface area (Å²) < 4.78 is 11.0. The third-order valence-electron chi connectivity index (χ3n) is 7.64. The first-order valence-electron chi connectivity index (χ1n) is 13.6. The van der Waals surface area contributed by atoms with Crippen molar-refractivity contribution in [1.82, 2.24) is 5.32 Å². The predicted octanol–water partition coefficient (Wildman–Crippen LogP) is 5.34. The van der Waals surface area contributed by atoms with Gasteiger partial charge in [0.1, 0.15) is 18.4 Å². The number of nitrogens with one attached hydrogen (secondary N) is 1. The molecule has 1 aliphatic heterocycles. The zero-order valence-corrected chi connectivity index (χ0v) is 23.7. The summed E-state index contributed by atoms with van der Waals surface area (Å²) in [6.07, 6.45) is -0.663. The van der Waals surface area contributed by atoms with E-state index in [4.69, 9.17) is 15.2 Å². The molecule has 0 aromatic heterocycles. The van der Waals surface area contributed by atoms with Gasteiger partial charge >= 0.3 is 6.09 Å². The van der Waals surface area contributed by atoms with Crippen LogP contribution in [0.3, 0.4) is 0 Å². The van der Waals surface area contributed by atoms with Gasteiger partial charge in [0, 0.05) is 22.1 Å². The molecule has 0 unspecified atom stereocenters. The number of primary amides is 1. The summed E-state index contributed by atoms with van der Waals surface area (Å²) in [7, 11) is 1.59. The first kappa shape index (κ1) is 27.4.